The lowest BCUT2D eigenvalue weighted by Gasteiger charge is -2.14. The average Bonchev–Trinajstić information content (AvgIpc) is 3.09. The summed E-state index contributed by atoms with van der Waals surface area (Å²) in [5.41, 5.74) is 0.0361. The Hall–Kier alpha value is -2.67. The van der Waals surface area contributed by atoms with E-state index in [0.717, 1.165) is 57.9 Å². The van der Waals surface area contributed by atoms with Crippen molar-refractivity contribution in [2.75, 3.05) is 46.1 Å². The summed E-state index contributed by atoms with van der Waals surface area (Å²) < 4.78 is 10.7. The molecule has 6 N–H and O–H groups in total. The summed E-state index contributed by atoms with van der Waals surface area (Å²) in [6.07, 6.45) is 17.9. The summed E-state index contributed by atoms with van der Waals surface area (Å²) in [5.74, 6) is -2.76. The second-order valence-electron chi connectivity index (χ2n) is 13.2. The summed E-state index contributed by atoms with van der Waals surface area (Å²) in [5, 5.41) is 29.2. The van der Waals surface area contributed by atoms with Crippen LogP contribution in [0.3, 0.4) is 0 Å². The Bertz CT molecular complexity index is 988. The molecule has 14 nitrogen and oxygen atoms in total. The first-order valence-electron chi connectivity index (χ1n) is 19.5. The lowest BCUT2D eigenvalue weighted by atomic mass is 10.0. The van der Waals surface area contributed by atoms with Crippen molar-refractivity contribution in [2.45, 2.75) is 154 Å². The molecule has 0 aromatic carbocycles. The van der Waals surface area contributed by atoms with Gasteiger partial charge in [0.15, 0.2) is 5.52 Å². The van der Waals surface area contributed by atoms with Crippen LogP contribution in [0.4, 0.5) is 0 Å². The maximum atomic E-state index is 12.3. The Kier molecular flexibility index (Phi) is 33.5. The lowest BCUT2D eigenvalue weighted by molar-refractivity contribution is -0.142. The number of carboxylic acid groups (broad SMARTS) is 2. The van der Waals surface area contributed by atoms with Crippen molar-refractivity contribution >= 4 is 44.4 Å². The van der Waals surface area contributed by atoms with Crippen molar-refractivity contribution < 1.29 is 48.5 Å². The second kappa shape index (κ2) is 35.4. The minimum absolute atomic E-state index is 0.00931. The number of hydrogen-bond donors (Lipinski definition) is 6. The minimum atomic E-state index is -1.17. The predicted octanol–water partition coefficient (Wildman–Crippen LogP) is 4.48. The number of aliphatic carboxylic acids is 2. The molecule has 1 unspecified atom stereocenters. The number of hydrogen-bond acceptors (Lipinski definition) is 9. The van der Waals surface area contributed by atoms with Crippen LogP contribution in [0.5, 0.6) is 0 Å². The molecular weight excluding hydrogens is 691 g/mol. The number of likely N-dealkylation sites (N-methyl/N-ethyl adjacent to an activating group) is 1. The highest BCUT2D eigenvalue weighted by Crippen LogP contribution is 2.14. The van der Waals surface area contributed by atoms with Crippen LogP contribution in [0.15, 0.2) is 0 Å². The van der Waals surface area contributed by atoms with Crippen LogP contribution in [0.25, 0.3) is 0 Å². The molecule has 3 atom stereocenters. The fourth-order valence-electron chi connectivity index (χ4n) is 5.56. The van der Waals surface area contributed by atoms with Gasteiger partial charge < -0.3 is 41.0 Å². The van der Waals surface area contributed by atoms with Crippen LogP contribution in [0.2, 0.25) is 0 Å². The molecule has 0 spiro atoms. The molecule has 0 aliphatic rings. The third-order valence-corrected chi connectivity index (χ3v) is 8.95. The van der Waals surface area contributed by atoms with Gasteiger partial charge in [0.25, 0.3) is 0 Å². The molecule has 0 fully saturated rings. The van der Waals surface area contributed by atoms with Crippen LogP contribution in [-0.2, 0) is 38.2 Å². The highest BCUT2D eigenvalue weighted by molar-refractivity contribution is 7.40. The van der Waals surface area contributed by atoms with Crippen LogP contribution in [0.1, 0.15) is 142 Å². The summed E-state index contributed by atoms with van der Waals surface area (Å²) >= 11 is 0. The molecule has 0 saturated heterocycles. The minimum Gasteiger partial charge on any atom is -0.481 e. The number of unbranched alkanes of at least 4 members (excludes halogenated alkanes) is 14. The Morgan fingerprint density at radius 2 is 1.10 bits per heavy atom. The Morgan fingerprint density at radius 1 is 0.558 bits per heavy atom. The third-order valence-electron chi connectivity index (χ3n) is 8.55. The van der Waals surface area contributed by atoms with Gasteiger partial charge in [0.05, 0.1) is 25.9 Å². The lowest BCUT2D eigenvalue weighted by Crippen LogP contribution is -2.41. The summed E-state index contributed by atoms with van der Waals surface area (Å²) in [4.78, 5) is 69.9. The number of carboxylic acids is 2. The molecule has 0 heterocycles. The first kappa shape index (κ1) is 49.3. The van der Waals surface area contributed by atoms with Gasteiger partial charge in [-0.25, -0.2) is 4.79 Å². The van der Waals surface area contributed by atoms with Crippen molar-refractivity contribution in [1.29, 1.82) is 0 Å². The first-order valence-corrected chi connectivity index (χ1v) is 20.1. The van der Waals surface area contributed by atoms with E-state index in [1.54, 1.807) is 0 Å². The Morgan fingerprint density at radius 3 is 1.63 bits per heavy atom. The fourth-order valence-corrected chi connectivity index (χ4v) is 5.85. The topological polar surface area (TPSA) is 209 Å². The summed E-state index contributed by atoms with van der Waals surface area (Å²) in [6.45, 7) is 4.01. The fraction of sp³-hybridized carbons (Fsp3) is 0.838. The molecule has 0 radical (unpaired) electrons. The van der Waals surface area contributed by atoms with E-state index in [-0.39, 0.29) is 87.9 Å². The summed E-state index contributed by atoms with van der Waals surface area (Å²) in [7, 11) is 2.20. The average molecular weight is 761 g/mol. The zero-order valence-corrected chi connectivity index (χ0v) is 32.8. The molecular formula is C37H69N4O10P. The van der Waals surface area contributed by atoms with Gasteiger partial charge in [0.1, 0.15) is 12.6 Å². The highest BCUT2D eigenvalue weighted by Gasteiger charge is 2.21. The van der Waals surface area contributed by atoms with Gasteiger partial charge in [-0.1, -0.05) is 93.2 Å². The molecule has 0 aliphatic heterocycles. The standard InChI is InChI=1S/C37H69N4O10P/c1-2-38-31(37(49)52)19-17-18-24-39-34(44)29-51-28-27-50-26-25-40-32(42)23-22-30(36(47)48)41-33(43)20-15-13-11-9-7-5-3-4-6-8-10-12-14-16-21-35(45)46/h30-31,38H,2-29,52H2,1H3,(H,39,44)(H,40,42)(H,41,43)(H,45,46)(H,47,48)/t30-,31-/m0/s1. The van der Waals surface area contributed by atoms with Crippen molar-refractivity contribution in [1.82, 2.24) is 21.3 Å². The molecule has 0 aliphatic carbocycles. The third kappa shape index (κ3) is 33.2. The molecule has 0 rings (SSSR count). The van der Waals surface area contributed by atoms with Crippen LogP contribution in [-0.4, -0.2) is 104 Å². The number of ether oxygens (including phenoxy) is 2. The number of carbonyl (C=O) groups is 6. The van der Waals surface area contributed by atoms with E-state index in [9.17, 15) is 33.9 Å². The van der Waals surface area contributed by atoms with E-state index in [0.29, 0.717) is 19.4 Å². The van der Waals surface area contributed by atoms with E-state index < -0.39 is 18.0 Å². The number of carbonyl (C=O) groups excluding carboxylic acids is 4. The number of amides is 3. The molecule has 0 aromatic rings. The van der Waals surface area contributed by atoms with Gasteiger partial charge in [-0.2, -0.15) is 0 Å². The largest absolute Gasteiger partial charge is 0.481 e. The SMILES string of the molecule is CCN[C@@H](CCCCNC(=O)COCCOCCNC(=O)CC[C@H](NC(=O)CCCCCCCCCCCCCCCCC(=O)O)C(=O)O)C(=O)P. The van der Waals surface area contributed by atoms with Crippen molar-refractivity contribution in [2.24, 2.45) is 0 Å². The maximum Gasteiger partial charge on any atom is 0.326 e. The van der Waals surface area contributed by atoms with Gasteiger partial charge >= 0.3 is 11.9 Å². The molecule has 3 amide bonds. The quantitative estimate of drug-likeness (QED) is 0.0382. The van der Waals surface area contributed by atoms with Crippen LogP contribution >= 0.6 is 9.24 Å². The van der Waals surface area contributed by atoms with E-state index in [1.165, 1.54) is 44.9 Å². The van der Waals surface area contributed by atoms with Gasteiger partial charge in [0.2, 0.25) is 17.7 Å². The Labute approximate surface area is 313 Å². The highest BCUT2D eigenvalue weighted by atomic mass is 31.0. The van der Waals surface area contributed by atoms with E-state index in [2.05, 4.69) is 30.5 Å². The first-order chi connectivity index (χ1) is 25.1. The van der Waals surface area contributed by atoms with Crippen molar-refractivity contribution in [3.63, 3.8) is 0 Å². The zero-order valence-electron chi connectivity index (χ0n) is 31.7. The van der Waals surface area contributed by atoms with Gasteiger partial charge in [-0.3, -0.25) is 24.0 Å². The molecule has 52 heavy (non-hydrogen) atoms. The molecule has 15 heteroatoms. The summed E-state index contributed by atoms with van der Waals surface area (Å²) in [6, 6.07) is -1.30. The normalized spacial score (nSPS) is 12.2. The monoisotopic (exact) mass is 760 g/mol. The van der Waals surface area contributed by atoms with Crippen molar-refractivity contribution in [3.05, 3.63) is 0 Å². The van der Waals surface area contributed by atoms with Gasteiger partial charge in [0, 0.05) is 32.4 Å². The van der Waals surface area contributed by atoms with Crippen LogP contribution < -0.4 is 21.3 Å². The van der Waals surface area contributed by atoms with Gasteiger partial charge in [-0.15, -0.1) is 0 Å². The van der Waals surface area contributed by atoms with Crippen molar-refractivity contribution in [3.8, 4) is 0 Å². The van der Waals surface area contributed by atoms with E-state index >= 15 is 0 Å². The molecule has 302 valence electrons. The van der Waals surface area contributed by atoms with Crippen LogP contribution in [0, 0.1) is 0 Å². The Balaban J connectivity index is 3.72. The predicted molar refractivity (Wildman–Crippen MR) is 204 cm³/mol. The molecule has 0 saturated carbocycles. The molecule has 0 bridgehead atoms. The maximum absolute atomic E-state index is 12.3. The van der Waals surface area contributed by atoms with Gasteiger partial charge in [-0.05, 0) is 45.1 Å². The van der Waals surface area contributed by atoms with E-state index in [4.69, 9.17) is 14.6 Å². The molecule has 0 aromatic heterocycles. The second-order valence-corrected chi connectivity index (χ2v) is 13.8. The number of rotatable bonds is 38. The smallest absolute Gasteiger partial charge is 0.326 e. The zero-order chi connectivity index (χ0) is 38.7. The van der Waals surface area contributed by atoms with E-state index in [1.807, 2.05) is 6.92 Å². The number of nitrogens with one attached hydrogen (secondary N) is 4.